The second-order valence-corrected chi connectivity index (χ2v) is 25.6. The van der Waals surface area contributed by atoms with Gasteiger partial charge in [-0.15, -0.1) is 0 Å². The molecule has 81 heavy (non-hydrogen) atoms. The van der Waals surface area contributed by atoms with Gasteiger partial charge in [0.15, 0.2) is 6.10 Å². The van der Waals surface area contributed by atoms with Crippen molar-refractivity contribution in [3.8, 4) is 0 Å². The number of carbonyl (C=O) groups excluding carboxylic acids is 3. The van der Waals surface area contributed by atoms with E-state index in [0.717, 1.165) is 64.2 Å². The molecule has 0 aliphatic heterocycles. The van der Waals surface area contributed by atoms with Crippen LogP contribution < -0.4 is 0 Å². The van der Waals surface area contributed by atoms with E-state index in [-0.39, 0.29) is 31.1 Å². The molecule has 0 aromatic heterocycles. The molecular weight excluding hydrogens is 997 g/mol. The SMILES string of the molecule is CCCCCC/C=C\CCCCCCCC(=O)OCC(COC(=O)CCCCCCCCCCCCCCCCCCCCCCCCCCCCCCCCCCCC)OC(=O)CCCCCCCCCCCCCCCCCC. The van der Waals surface area contributed by atoms with Crippen LogP contribution in [0.3, 0.4) is 0 Å². The van der Waals surface area contributed by atoms with E-state index in [2.05, 4.69) is 32.9 Å². The minimum Gasteiger partial charge on any atom is -0.462 e. The van der Waals surface area contributed by atoms with Crippen molar-refractivity contribution in [3.63, 3.8) is 0 Å². The van der Waals surface area contributed by atoms with Crippen molar-refractivity contribution in [1.82, 2.24) is 0 Å². The molecule has 0 heterocycles. The van der Waals surface area contributed by atoms with Crippen LogP contribution in [0.4, 0.5) is 0 Å². The van der Waals surface area contributed by atoms with Gasteiger partial charge < -0.3 is 14.2 Å². The van der Waals surface area contributed by atoms with Crippen molar-refractivity contribution in [2.45, 2.75) is 438 Å². The number of hydrogen-bond donors (Lipinski definition) is 0. The summed E-state index contributed by atoms with van der Waals surface area (Å²) in [5.74, 6) is -0.841. The quantitative estimate of drug-likeness (QED) is 0.0261. The van der Waals surface area contributed by atoms with Crippen LogP contribution in [0.1, 0.15) is 432 Å². The van der Waals surface area contributed by atoms with Crippen molar-refractivity contribution >= 4 is 17.9 Å². The molecule has 0 rings (SSSR count). The van der Waals surface area contributed by atoms with Crippen molar-refractivity contribution in [2.75, 3.05) is 13.2 Å². The van der Waals surface area contributed by atoms with Crippen LogP contribution in [0, 0.1) is 0 Å². The smallest absolute Gasteiger partial charge is 0.306 e. The molecule has 0 N–H and O–H groups in total. The van der Waals surface area contributed by atoms with Gasteiger partial charge in [-0.05, 0) is 44.9 Å². The summed E-state index contributed by atoms with van der Waals surface area (Å²) >= 11 is 0. The second-order valence-electron chi connectivity index (χ2n) is 25.6. The highest BCUT2D eigenvalue weighted by Gasteiger charge is 2.20. The van der Waals surface area contributed by atoms with Crippen LogP contribution in [0.25, 0.3) is 0 Å². The number of ether oxygens (including phenoxy) is 3. The fraction of sp³-hybridized carbons (Fsp3) is 0.933. The van der Waals surface area contributed by atoms with Gasteiger partial charge in [-0.25, -0.2) is 0 Å². The van der Waals surface area contributed by atoms with E-state index in [0.29, 0.717) is 19.3 Å². The lowest BCUT2D eigenvalue weighted by Crippen LogP contribution is -2.30. The van der Waals surface area contributed by atoms with Gasteiger partial charge in [-0.3, -0.25) is 14.4 Å². The summed E-state index contributed by atoms with van der Waals surface area (Å²) in [7, 11) is 0. The minimum atomic E-state index is -0.769. The molecule has 0 aliphatic rings. The van der Waals surface area contributed by atoms with E-state index >= 15 is 0 Å². The summed E-state index contributed by atoms with van der Waals surface area (Å²) in [5.41, 5.74) is 0. The minimum absolute atomic E-state index is 0.0658. The lowest BCUT2D eigenvalue weighted by atomic mass is 10.0. The van der Waals surface area contributed by atoms with Crippen molar-refractivity contribution in [2.24, 2.45) is 0 Å². The van der Waals surface area contributed by atoms with Crippen LogP contribution >= 0.6 is 0 Å². The summed E-state index contributed by atoms with van der Waals surface area (Å²) in [6.45, 7) is 6.71. The van der Waals surface area contributed by atoms with Crippen LogP contribution in [-0.2, 0) is 28.6 Å². The molecule has 0 bridgehead atoms. The van der Waals surface area contributed by atoms with E-state index in [1.165, 1.54) is 327 Å². The Kier molecular flexibility index (Phi) is 69.0. The number of hydrogen-bond acceptors (Lipinski definition) is 6. The largest absolute Gasteiger partial charge is 0.462 e. The Hall–Kier alpha value is -1.85. The third-order valence-corrected chi connectivity index (χ3v) is 17.3. The van der Waals surface area contributed by atoms with Gasteiger partial charge in [0.25, 0.3) is 0 Å². The Labute approximate surface area is 507 Å². The summed E-state index contributed by atoms with van der Waals surface area (Å²) in [6.07, 6.45) is 85.6. The highest BCUT2D eigenvalue weighted by atomic mass is 16.6. The van der Waals surface area contributed by atoms with E-state index in [4.69, 9.17) is 14.2 Å². The second kappa shape index (κ2) is 70.6. The van der Waals surface area contributed by atoms with Gasteiger partial charge in [-0.2, -0.15) is 0 Å². The Morgan fingerprint density at radius 1 is 0.235 bits per heavy atom. The molecule has 0 saturated heterocycles. The first-order valence-corrected chi connectivity index (χ1v) is 37.2. The Balaban J connectivity index is 4.04. The maximum absolute atomic E-state index is 12.9. The van der Waals surface area contributed by atoms with Gasteiger partial charge in [-0.1, -0.05) is 380 Å². The Morgan fingerprint density at radius 2 is 0.407 bits per heavy atom. The molecule has 1 unspecified atom stereocenters. The van der Waals surface area contributed by atoms with Gasteiger partial charge in [0.1, 0.15) is 13.2 Å². The maximum Gasteiger partial charge on any atom is 0.306 e. The molecule has 0 aliphatic carbocycles. The van der Waals surface area contributed by atoms with E-state index in [9.17, 15) is 14.4 Å². The molecule has 0 radical (unpaired) electrons. The Bertz CT molecular complexity index is 1260. The molecule has 0 aromatic carbocycles. The molecule has 480 valence electrons. The molecule has 0 fully saturated rings. The van der Waals surface area contributed by atoms with Crippen LogP contribution in [0.5, 0.6) is 0 Å². The van der Waals surface area contributed by atoms with Crippen LogP contribution in [0.15, 0.2) is 12.2 Å². The number of esters is 3. The monoisotopic (exact) mass is 1140 g/mol. The average molecular weight is 1140 g/mol. The fourth-order valence-corrected chi connectivity index (χ4v) is 11.7. The molecule has 0 amide bonds. The Morgan fingerprint density at radius 3 is 0.630 bits per heavy atom. The lowest BCUT2D eigenvalue weighted by Gasteiger charge is -2.18. The highest BCUT2D eigenvalue weighted by molar-refractivity contribution is 5.71. The van der Waals surface area contributed by atoms with Gasteiger partial charge in [0, 0.05) is 19.3 Å². The molecular formula is C75H144O6. The maximum atomic E-state index is 12.9. The van der Waals surface area contributed by atoms with Crippen molar-refractivity contribution < 1.29 is 28.6 Å². The number of allylic oxidation sites excluding steroid dienone is 2. The first-order valence-electron chi connectivity index (χ1n) is 37.2. The summed E-state index contributed by atoms with van der Waals surface area (Å²) in [6, 6.07) is 0. The fourth-order valence-electron chi connectivity index (χ4n) is 11.7. The first kappa shape index (κ1) is 79.2. The first-order chi connectivity index (χ1) is 40.0. The zero-order valence-corrected chi connectivity index (χ0v) is 55.4. The number of rotatable bonds is 70. The molecule has 0 aromatic rings. The molecule has 6 nitrogen and oxygen atoms in total. The predicted octanol–water partition coefficient (Wildman–Crippen LogP) is 25.6. The third kappa shape index (κ3) is 68.8. The number of unbranched alkanes of at least 4 members (excludes halogenated alkanes) is 57. The third-order valence-electron chi connectivity index (χ3n) is 17.3. The standard InChI is InChI=1S/C75H144O6/c1-4-7-10-13-16-19-22-25-27-29-30-31-32-33-34-35-36-37-38-39-40-41-42-43-44-45-46-48-50-53-56-59-62-65-68-74(77)80-71-72(70-79-73(76)67-64-61-58-55-52-49-24-21-18-15-12-9-6-3)81-75(78)69-66-63-60-57-54-51-47-28-26-23-20-17-14-11-8-5-2/h21,24,72H,4-20,22-23,25-71H2,1-3H3/b24-21-. The van der Waals surface area contributed by atoms with Crippen LogP contribution in [-0.4, -0.2) is 37.2 Å². The zero-order chi connectivity index (χ0) is 58.5. The predicted molar refractivity (Wildman–Crippen MR) is 353 cm³/mol. The molecule has 6 heteroatoms. The summed E-state index contributed by atoms with van der Waals surface area (Å²) < 4.78 is 17.0. The summed E-state index contributed by atoms with van der Waals surface area (Å²) in [4.78, 5) is 38.4. The average Bonchev–Trinajstić information content (AvgIpc) is 3.46. The van der Waals surface area contributed by atoms with E-state index in [1.54, 1.807) is 0 Å². The molecule has 0 saturated carbocycles. The van der Waals surface area contributed by atoms with Gasteiger partial charge in [0.2, 0.25) is 0 Å². The highest BCUT2D eigenvalue weighted by Crippen LogP contribution is 2.20. The van der Waals surface area contributed by atoms with Gasteiger partial charge in [0.05, 0.1) is 0 Å². The lowest BCUT2D eigenvalue weighted by molar-refractivity contribution is -0.167. The molecule has 1 atom stereocenters. The molecule has 0 spiro atoms. The van der Waals surface area contributed by atoms with Gasteiger partial charge >= 0.3 is 17.9 Å². The number of carbonyl (C=O) groups is 3. The summed E-state index contributed by atoms with van der Waals surface area (Å²) in [5, 5.41) is 0. The normalized spacial score (nSPS) is 12.0. The van der Waals surface area contributed by atoms with E-state index in [1.807, 2.05) is 0 Å². The van der Waals surface area contributed by atoms with Crippen molar-refractivity contribution in [3.05, 3.63) is 12.2 Å². The topological polar surface area (TPSA) is 78.9 Å². The zero-order valence-electron chi connectivity index (χ0n) is 55.4. The van der Waals surface area contributed by atoms with Crippen molar-refractivity contribution in [1.29, 1.82) is 0 Å². The van der Waals surface area contributed by atoms with Crippen LogP contribution in [0.2, 0.25) is 0 Å². The van der Waals surface area contributed by atoms with E-state index < -0.39 is 6.10 Å².